The number of fused-ring (bicyclic) bond motifs is 2. The van der Waals surface area contributed by atoms with E-state index in [4.69, 9.17) is 4.98 Å². The highest BCUT2D eigenvalue weighted by Gasteiger charge is 2.12. The highest BCUT2D eigenvalue weighted by molar-refractivity contribution is 6.09. The van der Waals surface area contributed by atoms with Crippen LogP contribution in [0.1, 0.15) is 5.56 Å². The molecule has 0 atom stereocenters. The van der Waals surface area contributed by atoms with Gasteiger partial charge >= 0.3 is 6.03 Å². The summed E-state index contributed by atoms with van der Waals surface area (Å²) < 4.78 is 26.9. The molecular formula is C27H20F2N4O2. The average Bonchev–Trinajstić information content (AvgIpc) is 2.83. The van der Waals surface area contributed by atoms with Gasteiger partial charge in [-0.15, -0.1) is 0 Å². The zero-order chi connectivity index (χ0) is 24.4. The minimum atomic E-state index is -0.800. The standard InChI is InChI=1S/C27H20F2N4O2/c28-17-11-18(29)13-21(12-17)32-27(35)31-20-10-16(15-34)9-19(14-20)30-26-22-5-1-3-7-24(22)33-25-8-4-2-6-23(25)26/h1-14,34H,15H2,(H,30,33)(H2,31,32,35). The fourth-order valence-electron chi connectivity index (χ4n) is 3.97. The summed E-state index contributed by atoms with van der Waals surface area (Å²) in [4.78, 5) is 17.2. The number of aliphatic hydroxyl groups is 1. The van der Waals surface area contributed by atoms with Crippen LogP contribution in [0.2, 0.25) is 0 Å². The minimum absolute atomic E-state index is 0.0219. The third-order valence-corrected chi connectivity index (χ3v) is 5.41. The summed E-state index contributed by atoms with van der Waals surface area (Å²) in [5, 5.41) is 20.1. The number of aliphatic hydroxyl groups excluding tert-OH is 1. The molecule has 0 fully saturated rings. The Bertz CT molecular complexity index is 1500. The molecule has 0 aliphatic heterocycles. The van der Waals surface area contributed by atoms with E-state index in [1.807, 2.05) is 48.5 Å². The Morgan fingerprint density at radius 1 is 0.743 bits per heavy atom. The van der Waals surface area contributed by atoms with E-state index < -0.39 is 17.7 Å². The minimum Gasteiger partial charge on any atom is -0.392 e. The number of urea groups is 1. The van der Waals surface area contributed by atoms with Crippen LogP contribution >= 0.6 is 0 Å². The van der Waals surface area contributed by atoms with Gasteiger partial charge in [-0.05, 0) is 48.0 Å². The second-order valence-corrected chi connectivity index (χ2v) is 7.96. The number of amides is 2. The lowest BCUT2D eigenvalue weighted by molar-refractivity contribution is 0.262. The Labute approximate surface area is 199 Å². The first kappa shape index (κ1) is 22.2. The number of hydrogen-bond donors (Lipinski definition) is 4. The Kier molecular flexibility index (Phi) is 5.95. The fraction of sp³-hybridized carbons (Fsp3) is 0.0370. The van der Waals surface area contributed by atoms with Gasteiger partial charge < -0.3 is 21.1 Å². The number of benzene rings is 4. The SMILES string of the molecule is O=C(Nc1cc(F)cc(F)c1)Nc1cc(CO)cc(Nc2c3ccccc3nc3ccccc23)c1. The molecule has 0 spiro atoms. The largest absolute Gasteiger partial charge is 0.392 e. The number of para-hydroxylation sites is 2. The summed E-state index contributed by atoms with van der Waals surface area (Å²) in [5.74, 6) is -1.60. The second kappa shape index (κ2) is 9.36. The molecule has 174 valence electrons. The maximum absolute atomic E-state index is 13.4. The predicted molar refractivity (Wildman–Crippen MR) is 134 cm³/mol. The van der Waals surface area contributed by atoms with Crippen molar-refractivity contribution in [2.24, 2.45) is 0 Å². The van der Waals surface area contributed by atoms with Crippen molar-refractivity contribution in [1.82, 2.24) is 4.98 Å². The van der Waals surface area contributed by atoms with Gasteiger partial charge in [0.2, 0.25) is 0 Å². The Hall–Kier alpha value is -4.56. The van der Waals surface area contributed by atoms with Gasteiger partial charge in [-0.1, -0.05) is 36.4 Å². The van der Waals surface area contributed by atoms with Gasteiger partial charge in [0.05, 0.1) is 23.3 Å². The van der Waals surface area contributed by atoms with Gasteiger partial charge in [0.15, 0.2) is 0 Å². The Morgan fingerprint density at radius 2 is 1.29 bits per heavy atom. The lowest BCUT2D eigenvalue weighted by Gasteiger charge is -2.16. The first-order chi connectivity index (χ1) is 17.0. The molecule has 1 heterocycles. The summed E-state index contributed by atoms with van der Waals surface area (Å²) >= 11 is 0. The number of carbonyl (C=O) groups excluding carboxylic acids is 1. The van der Waals surface area contributed by atoms with Gasteiger partial charge in [-0.3, -0.25) is 0 Å². The predicted octanol–water partition coefficient (Wildman–Crippen LogP) is 6.55. The first-order valence-corrected chi connectivity index (χ1v) is 10.8. The van der Waals surface area contributed by atoms with Gasteiger partial charge in [0, 0.05) is 33.9 Å². The van der Waals surface area contributed by atoms with Crippen LogP contribution in [-0.4, -0.2) is 16.1 Å². The van der Waals surface area contributed by atoms with Crippen molar-refractivity contribution >= 4 is 50.6 Å². The lowest BCUT2D eigenvalue weighted by Crippen LogP contribution is -2.19. The highest BCUT2D eigenvalue weighted by atomic mass is 19.1. The van der Waals surface area contributed by atoms with Crippen molar-refractivity contribution in [3.05, 3.63) is 102 Å². The van der Waals surface area contributed by atoms with E-state index in [0.717, 1.165) is 45.7 Å². The fourth-order valence-corrected chi connectivity index (χ4v) is 3.97. The molecular weight excluding hydrogens is 450 g/mol. The molecule has 5 rings (SSSR count). The summed E-state index contributed by atoms with van der Waals surface area (Å²) in [5.41, 5.74) is 4.04. The summed E-state index contributed by atoms with van der Waals surface area (Å²) in [6.45, 7) is -0.251. The molecule has 5 aromatic rings. The Morgan fingerprint density at radius 3 is 1.89 bits per heavy atom. The maximum Gasteiger partial charge on any atom is 0.323 e. The molecule has 0 saturated heterocycles. The van der Waals surface area contributed by atoms with E-state index in [2.05, 4.69) is 16.0 Å². The summed E-state index contributed by atoms with van der Waals surface area (Å²) in [6, 6.07) is 22.7. The molecule has 0 unspecified atom stereocenters. The van der Waals surface area contributed by atoms with Crippen molar-refractivity contribution in [2.45, 2.75) is 6.61 Å². The van der Waals surface area contributed by atoms with Crippen LogP contribution in [0.4, 0.5) is 36.3 Å². The van der Waals surface area contributed by atoms with E-state index >= 15 is 0 Å². The van der Waals surface area contributed by atoms with E-state index in [1.165, 1.54) is 0 Å². The topological polar surface area (TPSA) is 86.3 Å². The number of pyridine rings is 1. The van der Waals surface area contributed by atoms with Gasteiger partial charge in [-0.25, -0.2) is 18.6 Å². The summed E-state index contributed by atoms with van der Waals surface area (Å²) in [7, 11) is 0. The summed E-state index contributed by atoms with van der Waals surface area (Å²) in [6.07, 6.45) is 0. The van der Waals surface area contributed by atoms with Crippen LogP contribution in [-0.2, 0) is 6.61 Å². The molecule has 4 aromatic carbocycles. The number of halogens is 2. The zero-order valence-electron chi connectivity index (χ0n) is 18.3. The smallest absolute Gasteiger partial charge is 0.323 e. The molecule has 0 saturated carbocycles. The molecule has 35 heavy (non-hydrogen) atoms. The zero-order valence-corrected chi connectivity index (χ0v) is 18.3. The number of nitrogens with one attached hydrogen (secondary N) is 3. The quantitative estimate of drug-likeness (QED) is 0.220. The molecule has 6 nitrogen and oxygen atoms in total. The lowest BCUT2D eigenvalue weighted by atomic mass is 10.1. The van der Waals surface area contributed by atoms with Crippen molar-refractivity contribution in [2.75, 3.05) is 16.0 Å². The second-order valence-electron chi connectivity index (χ2n) is 7.96. The third-order valence-electron chi connectivity index (χ3n) is 5.41. The van der Waals surface area contributed by atoms with Crippen molar-refractivity contribution in [3.8, 4) is 0 Å². The third kappa shape index (κ3) is 4.87. The van der Waals surface area contributed by atoms with E-state index in [9.17, 15) is 18.7 Å². The van der Waals surface area contributed by atoms with Crippen molar-refractivity contribution in [3.63, 3.8) is 0 Å². The number of carbonyl (C=O) groups is 1. The van der Waals surface area contributed by atoms with Crippen molar-refractivity contribution < 1.29 is 18.7 Å². The van der Waals surface area contributed by atoms with E-state index in [1.54, 1.807) is 18.2 Å². The van der Waals surface area contributed by atoms with Crippen LogP contribution in [0, 0.1) is 11.6 Å². The normalized spacial score (nSPS) is 10.9. The van der Waals surface area contributed by atoms with Crippen LogP contribution in [0.5, 0.6) is 0 Å². The number of hydrogen-bond acceptors (Lipinski definition) is 4. The van der Waals surface area contributed by atoms with Crippen LogP contribution in [0.15, 0.2) is 84.9 Å². The number of anilines is 4. The number of nitrogens with zero attached hydrogens (tertiary/aromatic N) is 1. The molecule has 8 heteroatoms. The highest BCUT2D eigenvalue weighted by Crippen LogP contribution is 2.34. The van der Waals surface area contributed by atoms with Crippen LogP contribution in [0.25, 0.3) is 21.8 Å². The molecule has 1 aromatic heterocycles. The van der Waals surface area contributed by atoms with Gasteiger partial charge in [-0.2, -0.15) is 0 Å². The maximum atomic E-state index is 13.4. The monoisotopic (exact) mass is 470 g/mol. The van der Waals surface area contributed by atoms with Crippen LogP contribution in [0.3, 0.4) is 0 Å². The van der Waals surface area contributed by atoms with Gasteiger partial charge in [0.25, 0.3) is 0 Å². The van der Waals surface area contributed by atoms with Gasteiger partial charge in [0.1, 0.15) is 11.6 Å². The molecule has 0 aliphatic carbocycles. The van der Waals surface area contributed by atoms with Crippen LogP contribution < -0.4 is 16.0 Å². The first-order valence-electron chi connectivity index (χ1n) is 10.8. The molecule has 4 N–H and O–H groups in total. The van der Waals surface area contributed by atoms with E-state index in [0.29, 0.717) is 16.9 Å². The molecule has 0 aliphatic rings. The molecule has 0 radical (unpaired) electrons. The Balaban J connectivity index is 1.48. The molecule has 0 bridgehead atoms. The average molecular weight is 470 g/mol. The van der Waals surface area contributed by atoms with Crippen molar-refractivity contribution in [1.29, 1.82) is 0 Å². The molecule has 2 amide bonds. The van der Waals surface area contributed by atoms with E-state index in [-0.39, 0.29) is 12.3 Å². The number of aromatic nitrogens is 1. The number of rotatable bonds is 5.